The zero-order chi connectivity index (χ0) is 14.0. The van der Waals surface area contributed by atoms with Crippen molar-refractivity contribution in [2.45, 2.75) is 58.7 Å². The Hall–Kier alpha value is -0.940. The molecule has 0 aliphatic carbocycles. The summed E-state index contributed by atoms with van der Waals surface area (Å²) in [4.78, 5) is 18.8. The van der Waals surface area contributed by atoms with Crippen molar-refractivity contribution in [2.24, 2.45) is 0 Å². The number of nitrogens with zero attached hydrogens (tertiary/aromatic N) is 2. The van der Waals surface area contributed by atoms with Crippen molar-refractivity contribution >= 4 is 17.3 Å². The molecule has 5 heteroatoms. The van der Waals surface area contributed by atoms with Gasteiger partial charge in [-0.15, -0.1) is 11.3 Å². The molecule has 2 heterocycles. The van der Waals surface area contributed by atoms with Gasteiger partial charge in [-0.3, -0.25) is 9.69 Å². The Labute approximate surface area is 118 Å². The first-order valence-electron chi connectivity index (χ1n) is 6.73. The van der Waals surface area contributed by atoms with E-state index in [1.807, 2.05) is 33.1 Å². The lowest BCUT2D eigenvalue weighted by Gasteiger charge is -2.26. The van der Waals surface area contributed by atoms with Crippen molar-refractivity contribution in [3.8, 4) is 0 Å². The van der Waals surface area contributed by atoms with Gasteiger partial charge in [-0.25, -0.2) is 4.98 Å². The van der Waals surface area contributed by atoms with Crippen LogP contribution in [0.5, 0.6) is 0 Å². The van der Waals surface area contributed by atoms with E-state index in [2.05, 4.69) is 9.88 Å². The number of thiazole rings is 1. The number of carbonyl (C=O) groups excluding carboxylic acids is 1. The van der Waals surface area contributed by atoms with Crippen molar-refractivity contribution in [1.29, 1.82) is 0 Å². The van der Waals surface area contributed by atoms with Gasteiger partial charge in [0.25, 0.3) is 0 Å². The molecule has 19 heavy (non-hydrogen) atoms. The Morgan fingerprint density at radius 3 is 2.89 bits per heavy atom. The quantitative estimate of drug-likeness (QED) is 0.800. The van der Waals surface area contributed by atoms with Gasteiger partial charge in [-0.2, -0.15) is 0 Å². The lowest BCUT2D eigenvalue weighted by Crippen LogP contribution is -2.40. The van der Waals surface area contributed by atoms with E-state index in [1.54, 1.807) is 11.3 Å². The molecule has 106 valence electrons. The highest BCUT2D eigenvalue weighted by atomic mass is 32.1. The number of ether oxygens (including phenoxy) is 1. The first-order valence-corrected chi connectivity index (χ1v) is 7.61. The maximum absolute atomic E-state index is 12.2. The Morgan fingerprint density at radius 2 is 2.32 bits per heavy atom. The highest BCUT2D eigenvalue weighted by molar-refractivity contribution is 7.09. The fraction of sp³-hybridized carbons (Fsp3) is 0.714. The number of aryl methyl sites for hydroxylation is 1. The Morgan fingerprint density at radius 1 is 1.58 bits per heavy atom. The molecule has 1 aliphatic heterocycles. The van der Waals surface area contributed by atoms with Crippen LogP contribution < -0.4 is 0 Å². The van der Waals surface area contributed by atoms with Crippen LogP contribution in [-0.2, 0) is 16.1 Å². The maximum Gasteiger partial charge on any atom is 0.323 e. The monoisotopic (exact) mass is 282 g/mol. The van der Waals surface area contributed by atoms with Crippen LogP contribution in [0.1, 0.15) is 44.3 Å². The lowest BCUT2D eigenvalue weighted by molar-refractivity contribution is -0.160. The van der Waals surface area contributed by atoms with Crippen molar-refractivity contribution in [3.63, 3.8) is 0 Å². The SMILES string of the molecule is Cc1csc(CN2CCC[C@H]2C(=O)OC(C)(C)C)n1. The van der Waals surface area contributed by atoms with Crippen LogP contribution in [0, 0.1) is 6.92 Å². The van der Waals surface area contributed by atoms with Crippen LogP contribution in [0.4, 0.5) is 0 Å². The molecule has 0 bridgehead atoms. The number of aromatic nitrogens is 1. The zero-order valence-electron chi connectivity index (χ0n) is 12.1. The summed E-state index contributed by atoms with van der Waals surface area (Å²) in [5.74, 6) is -0.0988. The molecule has 1 fully saturated rings. The largest absolute Gasteiger partial charge is 0.459 e. The first kappa shape index (κ1) is 14.5. The van der Waals surface area contributed by atoms with E-state index in [1.165, 1.54) is 0 Å². The van der Waals surface area contributed by atoms with Crippen LogP contribution in [0.25, 0.3) is 0 Å². The molecular weight excluding hydrogens is 260 g/mol. The molecule has 2 rings (SSSR count). The fourth-order valence-electron chi connectivity index (χ4n) is 2.30. The van der Waals surface area contributed by atoms with Crippen LogP contribution in [-0.4, -0.2) is 34.0 Å². The number of rotatable bonds is 3. The molecule has 0 aromatic carbocycles. The Kier molecular flexibility index (Phi) is 4.26. The molecule has 1 aromatic rings. The molecule has 1 aromatic heterocycles. The Bertz CT molecular complexity index is 451. The second-order valence-corrected chi connectivity index (χ2v) is 6.99. The summed E-state index contributed by atoms with van der Waals surface area (Å²) in [5, 5.41) is 3.13. The van der Waals surface area contributed by atoms with E-state index in [4.69, 9.17) is 4.74 Å². The average Bonchev–Trinajstić information content (AvgIpc) is 2.86. The van der Waals surface area contributed by atoms with E-state index in [9.17, 15) is 4.79 Å². The molecule has 0 radical (unpaired) electrons. The second kappa shape index (κ2) is 5.59. The first-order chi connectivity index (χ1) is 8.85. The third-order valence-electron chi connectivity index (χ3n) is 3.05. The highest BCUT2D eigenvalue weighted by Gasteiger charge is 2.34. The average molecular weight is 282 g/mol. The van der Waals surface area contributed by atoms with Gasteiger partial charge in [0.05, 0.1) is 6.54 Å². The normalized spacial score (nSPS) is 20.7. The highest BCUT2D eigenvalue weighted by Crippen LogP contribution is 2.24. The van der Waals surface area contributed by atoms with Crippen LogP contribution in [0.3, 0.4) is 0 Å². The molecule has 0 saturated carbocycles. The molecule has 0 unspecified atom stereocenters. The summed E-state index contributed by atoms with van der Waals surface area (Å²) in [6.07, 6.45) is 1.94. The predicted octanol–water partition coefficient (Wildman–Crippen LogP) is 2.76. The van der Waals surface area contributed by atoms with E-state index in [0.29, 0.717) is 0 Å². The molecule has 0 spiro atoms. The number of hydrogen-bond acceptors (Lipinski definition) is 5. The van der Waals surface area contributed by atoms with Crippen molar-refractivity contribution in [3.05, 3.63) is 16.1 Å². The van der Waals surface area contributed by atoms with Crippen molar-refractivity contribution in [2.75, 3.05) is 6.54 Å². The summed E-state index contributed by atoms with van der Waals surface area (Å²) < 4.78 is 5.50. The zero-order valence-corrected chi connectivity index (χ0v) is 12.9. The number of hydrogen-bond donors (Lipinski definition) is 0. The van der Waals surface area contributed by atoms with Gasteiger partial charge in [0.15, 0.2) is 0 Å². The van der Waals surface area contributed by atoms with Crippen LogP contribution >= 0.6 is 11.3 Å². The number of esters is 1. The molecule has 4 nitrogen and oxygen atoms in total. The third kappa shape index (κ3) is 4.01. The lowest BCUT2D eigenvalue weighted by atomic mass is 10.1. The van der Waals surface area contributed by atoms with Gasteiger partial charge < -0.3 is 4.74 Å². The van der Waals surface area contributed by atoms with Gasteiger partial charge >= 0.3 is 5.97 Å². The van der Waals surface area contributed by atoms with Crippen molar-refractivity contribution in [1.82, 2.24) is 9.88 Å². The fourth-order valence-corrected chi connectivity index (χ4v) is 3.10. The van der Waals surface area contributed by atoms with Gasteiger partial charge in [0.2, 0.25) is 0 Å². The van der Waals surface area contributed by atoms with E-state index >= 15 is 0 Å². The van der Waals surface area contributed by atoms with Gasteiger partial charge in [-0.1, -0.05) is 0 Å². The third-order valence-corrected chi connectivity index (χ3v) is 4.00. The van der Waals surface area contributed by atoms with E-state index < -0.39 is 5.60 Å². The topological polar surface area (TPSA) is 42.4 Å². The van der Waals surface area contributed by atoms with Gasteiger partial charge in [0.1, 0.15) is 16.7 Å². The Balaban J connectivity index is 1.98. The van der Waals surface area contributed by atoms with Crippen molar-refractivity contribution < 1.29 is 9.53 Å². The van der Waals surface area contributed by atoms with Gasteiger partial charge in [0, 0.05) is 11.1 Å². The molecule has 1 aliphatic rings. The summed E-state index contributed by atoms with van der Waals surface area (Å²) >= 11 is 1.66. The summed E-state index contributed by atoms with van der Waals surface area (Å²) in [6, 6.07) is -0.108. The number of likely N-dealkylation sites (tertiary alicyclic amines) is 1. The second-order valence-electron chi connectivity index (χ2n) is 6.04. The molecule has 0 amide bonds. The summed E-state index contributed by atoms with van der Waals surface area (Å²) in [5.41, 5.74) is 0.636. The van der Waals surface area contributed by atoms with E-state index in [0.717, 1.165) is 36.6 Å². The molecule has 1 atom stereocenters. The number of carbonyl (C=O) groups is 1. The van der Waals surface area contributed by atoms with Crippen LogP contribution in [0.15, 0.2) is 5.38 Å². The summed E-state index contributed by atoms with van der Waals surface area (Å²) in [6.45, 7) is 9.43. The molecule has 0 N–H and O–H groups in total. The predicted molar refractivity (Wildman–Crippen MR) is 76.1 cm³/mol. The maximum atomic E-state index is 12.2. The summed E-state index contributed by atoms with van der Waals surface area (Å²) in [7, 11) is 0. The van der Waals surface area contributed by atoms with Gasteiger partial charge in [-0.05, 0) is 47.1 Å². The minimum Gasteiger partial charge on any atom is -0.459 e. The van der Waals surface area contributed by atoms with Crippen LogP contribution in [0.2, 0.25) is 0 Å². The van der Waals surface area contributed by atoms with E-state index in [-0.39, 0.29) is 12.0 Å². The minimum absolute atomic E-state index is 0.0988. The molecule has 1 saturated heterocycles. The smallest absolute Gasteiger partial charge is 0.323 e. The standard InChI is InChI=1S/C14H22N2O2S/c1-10-9-19-12(15-10)8-16-7-5-6-11(16)13(17)18-14(2,3)4/h9,11H,5-8H2,1-4H3/t11-/m0/s1. The molecular formula is C14H22N2O2S. The minimum atomic E-state index is -0.414.